The Balaban J connectivity index is 0.00000392. The van der Waals surface area contributed by atoms with Crippen molar-refractivity contribution in [1.82, 2.24) is 20.4 Å². The molecule has 1 amide bonds. The fourth-order valence-corrected chi connectivity index (χ4v) is 3.28. The molecule has 28 heavy (non-hydrogen) atoms. The Kier molecular flexibility index (Phi) is 13.8. The van der Waals surface area contributed by atoms with Crippen LogP contribution in [0, 0.1) is 5.92 Å². The van der Waals surface area contributed by atoms with Gasteiger partial charge in [-0.05, 0) is 19.8 Å². The number of nitrogens with zero attached hydrogens (tertiary/aromatic N) is 3. The Morgan fingerprint density at radius 2 is 2.04 bits per heavy atom. The molecule has 8 nitrogen and oxygen atoms in total. The minimum Gasteiger partial charge on any atom is -0.381 e. The van der Waals surface area contributed by atoms with Gasteiger partial charge in [0.1, 0.15) is 0 Å². The lowest BCUT2D eigenvalue weighted by molar-refractivity contribution is -0.130. The fraction of sp³-hybridized carbons (Fsp3) is 0.895. The third-order valence-corrected chi connectivity index (χ3v) is 4.98. The standard InChI is InChI=1S/C19H37N5O3.HI/c1-3-20-19(21-6-4-13-26-15-18-5-14-27-16-18)22-7-8-23-9-11-24(12-10-23)17(2)25;/h18H,3-16H2,1-2H3,(H2,20,21,22);1H. The third kappa shape index (κ3) is 10.2. The Labute approximate surface area is 186 Å². The van der Waals surface area contributed by atoms with Crippen molar-refractivity contribution in [2.45, 2.75) is 26.7 Å². The number of ether oxygens (including phenoxy) is 2. The third-order valence-electron chi connectivity index (χ3n) is 4.98. The molecule has 1 unspecified atom stereocenters. The molecule has 2 aliphatic heterocycles. The van der Waals surface area contributed by atoms with E-state index in [1.807, 2.05) is 4.90 Å². The first kappa shape index (κ1) is 25.4. The summed E-state index contributed by atoms with van der Waals surface area (Å²) in [5.74, 6) is 1.61. The monoisotopic (exact) mass is 511 g/mol. The summed E-state index contributed by atoms with van der Waals surface area (Å²) < 4.78 is 11.1. The van der Waals surface area contributed by atoms with E-state index < -0.39 is 0 Å². The zero-order chi connectivity index (χ0) is 19.3. The molecule has 2 rings (SSSR count). The molecule has 0 bridgehead atoms. The van der Waals surface area contributed by atoms with Crippen LogP contribution in [0.15, 0.2) is 4.99 Å². The van der Waals surface area contributed by atoms with E-state index in [4.69, 9.17) is 9.47 Å². The molecule has 0 spiro atoms. The molecular weight excluding hydrogens is 473 g/mol. The molecule has 0 aromatic heterocycles. The maximum Gasteiger partial charge on any atom is 0.219 e. The van der Waals surface area contributed by atoms with Crippen LogP contribution in [0.2, 0.25) is 0 Å². The van der Waals surface area contributed by atoms with Gasteiger partial charge >= 0.3 is 0 Å². The van der Waals surface area contributed by atoms with Gasteiger partial charge in [-0.3, -0.25) is 14.7 Å². The lowest BCUT2D eigenvalue weighted by Gasteiger charge is -2.34. The van der Waals surface area contributed by atoms with Crippen molar-refractivity contribution >= 4 is 35.8 Å². The second-order valence-corrected chi connectivity index (χ2v) is 7.19. The molecule has 2 aliphatic rings. The second kappa shape index (κ2) is 15.2. The smallest absolute Gasteiger partial charge is 0.219 e. The lowest BCUT2D eigenvalue weighted by atomic mass is 10.1. The predicted octanol–water partition coefficient (Wildman–Crippen LogP) is 0.767. The van der Waals surface area contributed by atoms with E-state index in [-0.39, 0.29) is 29.9 Å². The van der Waals surface area contributed by atoms with Gasteiger partial charge in [0.15, 0.2) is 5.96 Å². The first-order valence-corrected chi connectivity index (χ1v) is 10.3. The van der Waals surface area contributed by atoms with Crippen LogP contribution in [0.1, 0.15) is 26.7 Å². The van der Waals surface area contributed by atoms with Gasteiger partial charge in [0.25, 0.3) is 0 Å². The van der Waals surface area contributed by atoms with Gasteiger partial charge in [0, 0.05) is 78.4 Å². The molecule has 1 atom stereocenters. The number of guanidine groups is 1. The van der Waals surface area contributed by atoms with Crippen molar-refractivity contribution in [3.63, 3.8) is 0 Å². The van der Waals surface area contributed by atoms with Crippen molar-refractivity contribution in [3.8, 4) is 0 Å². The average Bonchev–Trinajstić information content (AvgIpc) is 3.18. The normalized spacial score (nSPS) is 20.7. The summed E-state index contributed by atoms with van der Waals surface area (Å²) in [6, 6.07) is 0. The topological polar surface area (TPSA) is 78.4 Å². The Hall–Kier alpha value is -0.650. The number of nitrogens with one attached hydrogen (secondary N) is 2. The van der Waals surface area contributed by atoms with Crippen LogP contribution >= 0.6 is 24.0 Å². The molecule has 2 N–H and O–H groups in total. The number of hydrogen-bond donors (Lipinski definition) is 2. The molecule has 0 aromatic rings. The molecular formula is C19H38IN5O3. The molecule has 0 saturated carbocycles. The van der Waals surface area contributed by atoms with Crippen molar-refractivity contribution in [3.05, 3.63) is 0 Å². The number of hydrogen-bond acceptors (Lipinski definition) is 5. The van der Waals surface area contributed by atoms with Gasteiger partial charge in [0.05, 0.1) is 13.2 Å². The molecule has 164 valence electrons. The number of rotatable bonds is 10. The number of aliphatic imine (C=N–C) groups is 1. The highest BCUT2D eigenvalue weighted by Gasteiger charge is 2.18. The van der Waals surface area contributed by atoms with E-state index in [0.29, 0.717) is 5.92 Å². The van der Waals surface area contributed by atoms with Crippen molar-refractivity contribution in [1.29, 1.82) is 0 Å². The number of carbonyl (C=O) groups excluding carboxylic acids is 1. The van der Waals surface area contributed by atoms with Crippen LogP contribution < -0.4 is 10.6 Å². The van der Waals surface area contributed by atoms with Gasteiger partial charge in [-0.1, -0.05) is 0 Å². The lowest BCUT2D eigenvalue weighted by Crippen LogP contribution is -2.50. The van der Waals surface area contributed by atoms with Crippen molar-refractivity contribution in [2.75, 3.05) is 78.8 Å². The first-order valence-electron chi connectivity index (χ1n) is 10.3. The van der Waals surface area contributed by atoms with Gasteiger partial charge in [-0.15, -0.1) is 24.0 Å². The maximum absolute atomic E-state index is 11.4. The predicted molar refractivity (Wildman–Crippen MR) is 122 cm³/mol. The molecule has 0 aliphatic carbocycles. The SMILES string of the molecule is CCNC(=NCCCOCC1CCOC1)NCCN1CCN(C(C)=O)CC1.I. The summed E-state index contributed by atoms with van der Waals surface area (Å²) in [7, 11) is 0. The van der Waals surface area contributed by atoms with Crippen LogP contribution in [0.25, 0.3) is 0 Å². The molecule has 2 fully saturated rings. The van der Waals surface area contributed by atoms with E-state index in [1.165, 1.54) is 0 Å². The number of piperazine rings is 1. The molecule has 2 heterocycles. The quantitative estimate of drug-likeness (QED) is 0.195. The number of carbonyl (C=O) groups is 1. The van der Waals surface area contributed by atoms with Crippen LogP contribution in [-0.2, 0) is 14.3 Å². The average molecular weight is 511 g/mol. The largest absolute Gasteiger partial charge is 0.381 e. The summed E-state index contributed by atoms with van der Waals surface area (Å²) in [6.45, 7) is 14.0. The summed E-state index contributed by atoms with van der Waals surface area (Å²) in [5, 5.41) is 6.69. The van der Waals surface area contributed by atoms with Crippen LogP contribution in [0.5, 0.6) is 0 Å². The number of amides is 1. The molecule has 0 aromatic carbocycles. The second-order valence-electron chi connectivity index (χ2n) is 7.19. The first-order chi connectivity index (χ1) is 13.2. The highest BCUT2D eigenvalue weighted by atomic mass is 127. The van der Waals surface area contributed by atoms with E-state index in [9.17, 15) is 4.79 Å². The van der Waals surface area contributed by atoms with Gasteiger partial charge in [0.2, 0.25) is 5.91 Å². The minimum absolute atomic E-state index is 0. The molecule has 2 saturated heterocycles. The van der Waals surface area contributed by atoms with Crippen molar-refractivity contribution < 1.29 is 14.3 Å². The maximum atomic E-state index is 11.4. The Bertz CT molecular complexity index is 453. The Morgan fingerprint density at radius 1 is 1.25 bits per heavy atom. The molecule has 9 heteroatoms. The Morgan fingerprint density at radius 3 is 2.68 bits per heavy atom. The zero-order valence-electron chi connectivity index (χ0n) is 17.5. The van der Waals surface area contributed by atoms with Gasteiger partial charge in [-0.2, -0.15) is 0 Å². The van der Waals surface area contributed by atoms with Gasteiger partial charge in [-0.25, -0.2) is 0 Å². The van der Waals surface area contributed by atoms with E-state index in [0.717, 1.165) is 97.6 Å². The fourth-order valence-electron chi connectivity index (χ4n) is 3.28. The van der Waals surface area contributed by atoms with E-state index in [1.54, 1.807) is 6.92 Å². The van der Waals surface area contributed by atoms with Gasteiger partial charge < -0.3 is 25.0 Å². The summed E-state index contributed by atoms with van der Waals surface area (Å²) in [4.78, 5) is 20.3. The van der Waals surface area contributed by atoms with E-state index in [2.05, 4.69) is 27.4 Å². The summed E-state index contributed by atoms with van der Waals surface area (Å²) >= 11 is 0. The summed E-state index contributed by atoms with van der Waals surface area (Å²) in [5.41, 5.74) is 0. The van der Waals surface area contributed by atoms with Crippen molar-refractivity contribution in [2.24, 2.45) is 10.9 Å². The summed E-state index contributed by atoms with van der Waals surface area (Å²) in [6.07, 6.45) is 2.05. The number of halogens is 1. The minimum atomic E-state index is 0. The molecule has 0 radical (unpaired) electrons. The van der Waals surface area contributed by atoms with E-state index >= 15 is 0 Å². The highest BCUT2D eigenvalue weighted by Crippen LogP contribution is 2.12. The van der Waals surface area contributed by atoms with Crippen LogP contribution in [-0.4, -0.2) is 100 Å². The van der Waals surface area contributed by atoms with Crippen LogP contribution in [0.4, 0.5) is 0 Å². The highest BCUT2D eigenvalue weighted by molar-refractivity contribution is 14.0. The zero-order valence-corrected chi connectivity index (χ0v) is 19.8. The van der Waals surface area contributed by atoms with Crippen LogP contribution in [0.3, 0.4) is 0 Å².